The van der Waals surface area contributed by atoms with Crippen molar-refractivity contribution in [1.29, 1.82) is 0 Å². The largest absolute Gasteiger partial charge is 0.486 e. The van der Waals surface area contributed by atoms with Crippen molar-refractivity contribution in [3.63, 3.8) is 0 Å². The summed E-state index contributed by atoms with van der Waals surface area (Å²) >= 11 is 6.16. The van der Waals surface area contributed by atoms with Crippen LogP contribution in [0.25, 0.3) is 0 Å². The van der Waals surface area contributed by atoms with Crippen LogP contribution < -0.4 is 15.4 Å². The molecule has 0 amide bonds. The number of rotatable bonds is 6. The number of fused-ring (bicyclic) bond motifs is 1. The minimum atomic E-state index is 0.283. The topological polar surface area (TPSA) is 33.3 Å². The molecular weight excluding hydrogens is 308 g/mol. The first-order chi connectivity index (χ1) is 11.3. The smallest absolute Gasteiger partial charge is 0.142 e. The van der Waals surface area contributed by atoms with Crippen molar-refractivity contribution in [1.82, 2.24) is 5.32 Å². The van der Waals surface area contributed by atoms with Crippen LogP contribution in [-0.4, -0.2) is 19.2 Å². The molecule has 3 rings (SSSR count). The second kappa shape index (κ2) is 7.71. The van der Waals surface area contributed by atoms with E-state index in [-0.39, 0.29) is 6.10 Å². The van der Waals surface area contributed by atoms with Crippen LogP contribution in [0.4, 0.5) is 5.69 Å². The van der Waals surface area contributed by atoms with Gasteiger partial charge in [-0.15, -0.1) is 0 Å². The molecule has 1 atom stereocenters. The Morgan fingerprint density at radius 1 is 1.26 bits per heavy atom. The zero-order valence-electron chi connectivity index (χ0n) is 13.4. The molecule has 1 aliphatic heterocycles. The molecule has 1 unspecified atom stereocenters. The highest BCUT2D eigenvalue weighted by Gasteiger charge is 2.17. The summed E-state index contributed by atoms with van der Waals surface area (Å²) in [6.45, 7) is 4.75. The number of ether oxygens (including phenoxy) is 1. The Morgan fingerprint density at radius 3 is 2.96 bits per heavy atom. The van der Waals surface area contributed by atoms with Crippen LogP contribution in [0.5, 0.6) is 5.75 Å². The molecule has 0 radical (unpaired) electrons. The normalized spacial score (nSPS) is 16.3. The number of hydrogen-bond acceptors (Lipinski definition) is 3. The maximum Gasteiger partial charge on any atom is 0.142 e. The third-order valence-corrected chi connectivity index (χ3v) is 4.55. The fraction of sp³-hybridized carbons (Fsp3) is 0.368. The molecule has 0 spiro atoms. The summed E-state index contributed by atoms with van der Waals surface area (Å²) in [7, 11) is 0. The van der Waals surface area contributed by atoms with Crippen LogP contribution in [0, 0.1) is 0 Å². The van der Waals surface area contributed by atoms with Gasteiger partial charge < -0.3 is 15.4 Å². The Morgan fingerprint density at radius 2 is 2.13 bits per heavy atom. The number of halogens is 1. The maximum absolute atomic E-state index is 6.16. The van der Waals surface area contributed by atoms with E-state index in [9.17, 15) is 0 Å². The van der Waals surface area contributed by atoms with E-state index in [0.717, 1.165) is 54.5 Å². The van der Waals surface area contributed by atoms with Crippen molar-refractivity contribution in [3.05, 3.63) is 58.6 Å². The molecule has 1 aliphatic rings. The van der Waals surface area contributed by atoms with Crippen LogP contribution in [0.3, 0.4) is 0 Å². The average Bonchev–Trinajstić information content (AvgIpc) is 2.59. The summed E-state index contributed by atoms with van der Waals surface area (Å²) in [4.78, 5) is 0. The first-order valence-corrected chi connectivity index (χ1v) is 8.61. The quantitative estimate of drug-likeness (QED) is 0.777. The second-order valence-corrected chi connectivity index (χ2v) is 6.28. The molecule has 0 aliphatic carbocycles. The Hall–Kier alpha value is -1.71. The Bertz CT molecular complexity index is 660. The van der Waals surface area contributed by atoms with Gasteiger partial charge in [0, 0.05) is 11.6 Å². The van der Waals surface area contributed by atoms with Crippen molar-refractivity contribution < 1.29 is 4.74 Å². The highest BCUT2D eigenvalue weighted by atomic mass is 35.5. The molecule has 23 heavy (non-hydrogen) atoms. The van der Waals surface area contributed by atoms with E-state index in [2.05, 4.69) is 41.8 Å². The van der Waals surface area contributed by atoms with Crippen LogP contribution in [0.1, 0.15) is 24.5 Å². The fourth-order valence-corrected chi connectivity index (χ4v) is 2.95. The Kier molecular flexibility index (Phi) is 5.42. The third-order valence-electron chi connectivity index (χ3n) is 4.18. The lowest BCUT2D eigenvalue weighted by Crippen LogP contribution is -2.30. The van der Waals surface area contributed by atoms with Gasteiger partial charge in [0.15, 0.2) is 0 Å². The van der Waals surface area contributed by atoms with E-state index in [4.69, 9.17) is 16.3 Å². The first-order valence-electron chi connectivity index (χ1n) is 8.24. The Balaban J connectivity index is 1.50. The van der Waals surface area contributed by atoms with Gasteiger partial charge in [-0.1, -0.05) is 42.8 Å². The van der Waals surface area contributed by atoms with Crippen molar-refractivity contribution in [2.24, 2.45) is 0 Å². The lowest BCUT2D eigenvalue weighted by Gasteiger charge is -2.27. The molecule has 0 saturated carbocycles. The number of nitrogens with one attached hydrogen (secondary N) is 2. The predicted molar refractivity (Wildman–Crippen MR) is 96.5 cm³/mol. The van der Waals surface area contributed by atoms with Crippen LogP contribution in [0.15, 0.2) is 42.5 Å². The van der Waals surface area contributed by atoms with E-state index in [1.165, 1.54) is 5.56 Å². The summed E-state index contributed by atoms with van der Waals surface area (Å²) in [5, 5.41) is 7.74. The third kappa shape index (κ3) is 4.18. The molecule has 2 aromatic carbocycles. The summed E-state index contributed by atoms with van der Waals surface area (Å²) in [6, 6.07) is 14.4. The minimum absolute atomic E-state index is 0.283. The zero-order chi connectivity index (χ0) is 16.1. The van der Waals surface area contributed by atoms with E-state index in [1.807, 2.05) is 18.2 Å². The van der Waals surface area contributed by atoms with Gasteiger partial charge in [-0.05, 0) is 48.7 Å². The number of hydrogen-bond donors (Lipinski definition) is 2. The zero-order valence-corrected chi connectivity index (χ0v) is 14.2. The highest BCUT2D eigenvalue weighted by molar-refractivity contribution is 6.31. The SMILES string of the molecule is CCC1CNc2cc(CCNCc3ccccc3Cl)ccc2O1. The molecule has 0 saturated heterocycles. The second-order valence-electron chi connectivity index (χ2n) is 5.88. The molecular formula is C19H23ClN2O. The van der Waals surface area contributed by atoms with Gasteiger partial charge in [0.25, 0.3) is 0 Å². The molecule has 2 aromatic rings. The molecule has 4 heteroatoms. The van der Waals surface area contributed by atoms with Gasteiger partial charge in [0.05, 0.1) is 12.2 Å². The van der Waals surface area contributed by atoms with Gasteiger partial charge in [-0.3, -0.25) is 0 Å². The standard InChI is InChI=1S/C19H23ClN2O/c1-2-16-13-22-18-11-14(7-8-19(18)23-16)9-10-21-12-15-5-3-4-6-17(15)20/h3-8,11,16,21-22H,2,9-10,12-13H2,1H3. The lowest BCUT2D eigenvalue weighted by molar-refractivity contribution is 0.202. The summed E-state index contributed by atoms with van der Waals surface area (Å²) in [6.07, 6.45) is 2.29. The minimum Gasteiger partial charge on any atom is -0.486 e. The van der Waals surface area contributed by atoms with Gasteiger partial charge >= 0.3 is 0 Å². The van der Waals surface area contributed by atoms with E-state index in [0.29, 0.717) is 0 Å². The van der Waals surface area contributed by atoms with Crippen LogP contribution in [-0.2, 0) is 13.0 Å². The molecule has 2 N–H and O–H groups in total. The average molecular weight is 331 g/mol. The molecule has 3 nitrogen and oxygen atoms in total. The maximum atomic E-state index is 6.16. The molecule has 1 heterocycles. The van der Waals surface area contributed by atoms with E-state index >= 15 is 0 Å². The van der Waals surface area contributed by atoms with E-state index in [1.54, 1.807) is 0 Å². The molecule has 0 bridgehead atoms. The van der Waals surface area contributed by atoms with Crippen molar-refractivity contribution in [3.8, 4) is 5.75 Å². The summed E-state index contributed by atoms with van der Waals surface area (Å²) in [5.41, 5.74) is 3.56. The van der Waals surface area contributed by atoms with Crippen molar-refractivity contribution in [2.75, 3.05) is 18.4 Å². The van der Waals surface area contributed by atoms with E-state index < -0.39 is 0 Å². The van der Waals surface area contributed by atoms with Gasteiger partial charge in [-0.25, -0.2) is 0 Å². The molecule has 0 aromatic heterocycles. The number of benzene rings is 2. The van der Waals surface area contributed by atoms with Gasteiger partial charge in [0.1, 0.15) is 11.9 Å². The summed E-state index contributed by atoms with van der Waals surface area (Å²) < 4.78 is 5.94. The first kappa shape index (κ1) is 16.2. The van der Waals surface area contributed by atoms with Crippen molar-refractivity contribution >= 4 is 17.3 Å². The Labute approximate surface area is 143 Å². The monoisotopic (exact) mass is 330 g/mol. The number of anilines is 1. The van der Waals surface area contributed by atoms with Gasteiger partial charge in [0.2, 0.25) is 0 Å². The van der Waals surface area contributed by atoms with Crippen LogP contribution >= 0.6 is 11.6 Å². The van der Waals surface area contributed by atoms with Crippen LogP contribution in [0.2, 0.25) is 5.02 Å². The van der Waals surface area contributed by atoms with Gasteiger partial charge in [-0.2, -0.15) is 0 Å². The molecule has 0 fully saturated rings. The highest BCUT2D eigenvalue weighted by Crippen LogP contribution is 2.30. The predicted octanol–water partition coefficient (Wildman–Crippen LogP) is 4.26. The fourth-order valence-electron chi connectivity index (χ4n) is 2.74. The lowest BCUT2D eigenvalue weighted by atomic mass is 10.1. The molecule has 122 valence electrons. The van der Waals surface area contributed by atoms with Crippen molar-refractivity contribution in [2.45, 2.75) is 32.4 Å². The summed E-state index contributed by atoms with van der Waals surface area (Å²) in [5.74, 6) is 0.968.